The number of carbonyl (C=O) groups is 3. The van der Waals surface area contributed by atoms with Crippen LogP contribution in [0.2, 0.25) is 0 Å². The lowest BCUT2D eigenvalue weighted by Gasteiger charge is -2.33. The van der Waals surface area contributed by atoms with Gasteiger partial charge in [-0.3, -0.25) is 9.59 Å². The lowest BCUT2D eigenvalue weighted by atomic mass is 9.78. The minimum absolute atomic E-state index is 0.00988. The average molecular weight is 463 g/mol. The van der Waals surface area contributed by atoms with Gasteiger partial charge in [0.2, 0.25) is 5.91 Å². The number of hydrogen-bond donors (Lipinski definition) is 3. The van der Waals surface area contributed by atoms with Gasteiger partial charge in [0, 0.05) is 24.9 Å². The largest absolute Gasteiger partial charge is 0.481 e. The van der Waals surface area contributed by atoms with Gasteiger partial charge in [-0.1, -0.05) is 55.0 Å². The molecule has 0 heterocycles. The van der Waals surface area contributed by atoms with Gasteiger partial charge in [-0.2, -0.15) is 0 Å². The molecule has 3 atom stereocenters. The average Bonchev–Trinajstić information content (AvgIpc) is 3.51. The van der Waals surface area contributed by atoms with Crippen molar-refractivity contribution in [1.29, 1.82) is 0 Å². The van der Waals surface area contributed by atoms with E-state index >= 15 is 0 Å². The van der Waals surface area contributed by atoms with Crippen molar-refractivity contribution in [2.24, 2.45) is 17.8 Å². The van der Waals surface area contributed by atoms with Gasteiger partial charge in [-0.05, 0) is 53.4 Å². The second kappa shape index (κ2) is 9.49. The topological polar surface area (TPSA) is 105 Å². The fraction of sp³-hybridized carbons (Fsp3) is 0.444. The van der Waals surface area contributed by atoms with Crippen molar-refractivity contribution >= 4 is 18.0 Å². The number of amides is 2. The molecule has 2 fully saturated rings. The van der Waals surface area contributed by atoms with Gasteiger partial charge in [0.25, 0.3) is 0 Å². The third-order valence-electron chi connectivity index (χ3n) is 7.57. The van der Waals surface area contributed by atoms with E-state index in [4.69, 9.17) is 9.84 Å². The molecule has 178 valence electrons. The molecular weight excluding hydrogens is 432 g/mol. The van der Waals surface area contributed by atoms with Gasteiger partial charge in [-0.25, -0.2) is 4.79 Å². The summed E-state index contributed by atoms with van der Waals surface area (Å²) in [6.07, 6.45) is 3.34. The van der Waals surface area contributed by atoms with Crippen LogP contribution in [-0.2, 0) is 14.3 Å². The first-order chi connectivity index (χ1) is 16.5. The Bertz CT molecular complexity index is 1050. The van der Waals surface area contributed by atoms with Crippen molar-refractivity contribution in [3.63, 3.8) is 0 Å². The smallest absolute Gasteiger partial charge is 0.407 e. The predicted molar refractivity (Wildman–Crippen MR) is 126 cm³/mol. The summed E-state index contributed by atoms with van der Waals surface area (Å²) >= 11 is 0. The SMILES string of the molecule is O=C(CC(NC(=O)OCC1c2ccccc2-c2ccccc21)C1CCC1)NC[C@H]1C[C@H]1C(=O)O. The highest BCUT2D eigenvalue weighted by Gasteiger charge is 2.43. The molecule has 1 unspecified atom stereocenters. The summed E-state index contributed by atoms with van der Waals surface area (Å²) in [6, 6.07) is 16.1. The van der Waals surface area contributed by atoms with E-state index in [-0.39, 0.29) is 48.6 Å². The van der Waals surface area contributed by atoms with Crippen LogP contribution in [0.1, 0.15) is 49.1 Å². The number of alkyl carbamates (subject to hydrolysis) is 1. The molecule has 2 saturated carbocycles. The van der Waals surface area contributed by atoms with E-state index in [9.17, 15) is 14.4 Å². The molecule has 2 amide bonds. The van der Waals surface area contributed by atoms with Crippen LogP contribution in [0.25, 0.3) is 11.1 Å². The molecule has 0 radical (unpaired) electrons. The molecule has 0 bridgehead atoms. The Morgan fingerprint density at radius 2 is 1.65 bits per heavy atom. The molecule has 3 aliphatic rings. The zero-order valence-corrected chi connectivity index (χ0v) is 19.0. The minimum atomic E-state index is -0.802. The van der Waals surface area contributed by atoms with Crippen molar-refractivity contribution in [2.75, 3.05) is 13.2 Å². The Kier molecular flexibility index (Phi) is 6.26. The van der Waals surface area contributed by atoms with Crippen molar-refractivity contribution in [3.8, 4) is 11.1 Å². The maximum absolute atomic E-state index is 12.7. The number of nitrogens with one attached hydrogen (secondary N) is 2. The number of carboxylic acid groups (broad SMARTS) is 1. The second-order valence-electron chi connectivity index (χ2n) is 9.72. The number of rotatable bonds is 9. The van der Waals surface area contributed by atoms with E-state index in [2.05, 4.69) is 34.9 Å². The number of benzene rings is 2. The van der Waals surface area contributed by atoms with Crippen LogP contribution in [-0.4, -0.2) is 42.3 Å². The van der Waals surface area contributed by atoms with Crippen LogP contribution in [0.5, 0.6) is 0 Å². The summed E-state index contributed by atoms with van der Waals surface area (Å²) in [4.78, 5) is 36.2. The number of aliphatic carboxylic acids is 1. The normalized spacial score (nSPS) is 21.5. The maximum atomic E-state index is 12.7. The first-order valence-electron chi connectivity index (χ1n) is 12.1. The first-order valence-corrected chi connectivity index (χ1v) is 12.1. The Balaban J connectivity index is 1.16. The van der Waals surface area contributed by atoms with Gasteiger partial charge < -0.3 is 20.5 Å². The second-order valence-corrected chi connectivity index (χ2v) is 9.72. The van der Waals surface area contributed by atoms with Crippen molar-refractivity contribution in [3.05, 3.63) is 59.7 Å². The summed E-state index contributed by atoms with van der Waals surface area (Å²) in [5, 5.41) is 14.8. The Morgan fingerprint density at radius 1 is 1.00 bits per heavy atom. The Morgan fingerprint density at radius 3 is 2.21 bits per heavy atom. The molecule has 7 nitrogen and oxygen atoms in total. The van der Waals surface area contributed by atoms with Crippen molar-refractivity contribution < 1.29 is 24.2 Å². The monoisotopic (exact) mass is 462 g/mol. The van der Waals surface area contributed by atoms with Crippen molar-refractivity contribution in [1.82, 2.24) is 10.6 Å². The molecule has 5 rings (SSSR count). The summed E-state index contributed by atoms with van der Waals surface area (Å²) in [5.74, 6) is -1.04. The third-order valence-corrected chi connectivity index (χ3v) is 7.57. The molecule has 2 aromatic carbocycles. The van der Waals surface area contributed by atoms with Crippen LogP contribution in [0.4, 0.5) is 4.79 Å². The number of ether oxygens (including phenoxy) is 1. The molecule has 0 saturated heterocycles. The third kappa shape index (κ3) is 4.65. The standard InChI is InChI=1S/C27H30N2O5/c30-25(28-14-17-12-22(17)26(31)32)13-24(16-6-5-7-16)29-27(33)34-15-23-20-10-3-1-8-18(20)19-9-2-4-11-21(19)23/h1-4,8-11,16-17,22-24H,5-7,12-15H2,(H,28,30)(H,29,33)(H,31,32)/t17-,22-,24?/m1/s1. The number of carboxylic acids is 1. The quantitative estimate of drug-likeness (QED) is 0.524. The van der Waals surface area contributed by atoms with Crippen LogP contribution in [0.15, 0.2) is 48.5 Å². The van der Waals surface area contributed by atoms with E-state index in [1.54, 1.807) is 0 Å². The minimum Gasteiger partial charge on any atom is -0.481 e. The molecular formula is C27H30N2O5. The van der Waals surface area contributed by atoms with Crippen LogP contribution in [0, 0.1) is 17.8 Å². The zero-order valence-electron chi connectivity index (χ0n) is 19.0. The summed E-state index contributed by atoms with van der Waals surface area (Å²) in [6.45, 7) is 0.611. The van der Waals surface area contributed by atoms with E-state index in [1.165, 1.54) is 11.1 Å². The van der Waals surface area contributed by atoms with Crippen LogP contribution in [0.3, 0.4) is 0 Å². The molecule has 0 spiro atoms. The first kappa shape index (κ1) is 22.4. The van der Waals surface area contributed by atoms with E-state index in [1.807, 2.05) is 24.3 Å². The van der Waals surface area contributed by atoms with Gasteiger partial charge in [-0.15, -0.1) is 0 Å². The summed E-state index contributed by atoms with van der Waals surface area (Å²) in [7, 11) is 0. The van der Waals surface area contributed by atoms with Gasteiger partial charge in [0.15, 0.2) is 0 Å². The lowest BCUT2D eigenvalue weighted by Crippen LogP contribution is -2.46. The van der Waals surface area contributed by atoms with E-state index < -0.39 is 12.1 Å². The molecule has 34 heavy (non-hydrogen) atoms. The zero-order chi connectivity index (χ0) is 23.7. The molecule has 2 aromatic rings. The number of fused-ring (bicyclic) bond motifs is 3. The highest BCUT2D eigenvalue weighted by molar-refractivity contribution is 5.80. The molecule has 0 aromatic heterocycles. The molecule has 3 N–H and O–H groups in total. The maximum Gasteiger partial charge on any atom is 0.407 e. The van der Waals surface area contributed by atoms with Crippen LogP contribution < -0.4 is 10.6 Å². The molecule has 7 heteroatoms. The molecule has 0 aliphatic heterocycles. The number of hydrogen-bond acceptors (Lipinski definition) is 4. The van der Waals surface area contributed by atoms with Crippen LogP contribution >= 0.6 is 0 Å². The van der Waals surface area contributed by atoms with Crippen molar-refractivity contribution in [2.45, 2.75) is 44.1 Å². The van der Waals surface area contributed by atoms with Gasteiger partial charge >= 0.3 is 12.1 Å². The fourth-order valence-corrected chi connectivity index (χ4v) is 5.26. The van der Waals surface area contributed by atoms with E-state index in [0.29, 0.717) is 13.0 Å². The van der Waals surface area contributed by atoms with Gasteiger partial charge in [0.05, 0.1) is 5.92 Å². The van der Waals surface area contributed by atoms with E-state index in [0.717, 1.165) is 30.4 Å². The predicted octanol–water partition coefficient (Wildman–Crippen LogP) is 3.92. The van der Waals surface area contributed by atoms with Gasteiger partial charge in [0.1, 0.15) is 6.61 Å². The fourth-order valence-electron chi connectivity index (χ4n) is 5.26. The lowest BCUT2D eigenvalue weighted by molar-refractivity contribution is -0.139. The number of carbonyl (C=O) groups excluding carboxylic acids is 2. The Hall–Kier alpha value is -3.35. The summed E-state index contributed by atoms with van der Waals surface area (Å²) < 4.78 is 5.67. The highest BCUT2D eigenvalue weighted by Crippen LogP contribution is 2.44. The highest BCUT2D eigenvalue weighted by atomic mass is 16.5. The molecule has 3 aliphatic carbocycles. The Labute approximate surface area is 198 Å². The summed E-state index contributed by atoms with van der Waals surface area (Å²) in [5.41, 5.74) is 4.67.